The molecule has 1 saturated heterocycles. The van der Waals surface area contributed by atoms with Gasteiger partial charge in [0.25, 0.3) is 5.91 Å². The normalized spacial score (nSPS) is 15.0. The summed E-state index contributed by atoms with van der Waals surface area (Å²) < 4.78 is 5.29. The number of likely N-dealkylation sites (tertiary alicyclic amines) is 1. The van der Waals surface area contributed by atoms with Crippen LogP contribution in [0, 0.1) is 20.8 Å². The molecular weight excluding hydrogens is 356 g/mol. The summed E-state index contributed by atoms with van der Waals surface area (Å²) in [6.45, 7) is 7.07. The second kappa shape index (κ2) is 7.46. The lowest BCUT2D eigenvalue weighted by Crippen LogP contribution is -2.38. The topological polar surface area (TPSA) is 97.9 Å². The van der Waals surface area contributed by atoms with E-state index < -0.39 is 0 Å². The van der Waals surface area contributed by atoms with Gasteiger partial charge in [-0.3, -0.25) is 4.79 Å². The molecule has 0 atom stereocenters. The van der Waals surface area contributed by atoms with Gasteiger partial charge in [-0.25, -0.2) is 19.9 Å². The summed E-state index contributed by atoms with van der Waals surface area (Å²) in [6.07, 6.45) is 4.70. The van der Waals surface area contributed by atoms with E-state index >= 15 is 0 Å². The first-order valence-corrected chi connectivity index (χ1v) is 9.37. The smallest absolute Gasteiger partial charge is 0.272 e. The molecule has 0 spiro atoms. The summed E-state index contributed by atoms with van der Waals surface area (Å²) in [5.41, 5.74) is 4.05. The lowest BCUT2D eigenvalue weighted by molar-refractivity contribution is 0.0706. The van der Waals surface area contributed by atoms with Crippen LogP contribution >= 0.6 is 0 Å². The Labute approximate surface area is 163 Å². The molecule has 8 heteroatoms. The van der Waals surface area contributed by atoms with E-state index in [0.29, 0.717) is 18.8 Å². The van der Waals surface area contributed by atoms with Crippen molar-refractivity contribution in [2.75, 3.05) is 13.1 Å². The minimum absolute atomic E-state index is 0.0453. The molecule has 0 radical (unpaired) electrons. The molecule has 1 fully saturated rings. The zero-order chi connectivity index (χ0) is 19.7. The molecule has 0 saturated carbocycles. The van der Waals surface area contributed by atoms with Crippen LogP contribution in [0.1, 0.15) is 52.2 Å². The molecule has 1 aliphatic rings. The summed E-state index contributed by atoms with van der Waals surface area (Å²) in [5.74, 6) is 1.73. The van der Waals surface area contributed by atoms with Crippen LogP contribution in [0.5, 0.6) is 0 Å². The predicted octanol–water partition coefficient (Wildman–Crippen LogP) is 2.87. The average Bonchev–Trinajstić information content (AvgIpc) is 3.06. The van der Waals surface area contributed by atoms with Crippen molar-refractivity contribution in [2.45, 2.75) is 39.5 Å². The van der Waals surface area contributed by atoms with Gasteiger partial charge in [0, 0.05) is 30.9 Å². The van der Waals surface area contributed by atoms with E-state index in [1.54, 1.807) is 12.3 Å². The van der Waals surface area contributed by atoms with Crippen molar-refractivity contribution in [3.8, 4) is 11.3 Å². The summed E-state index contributed by atoms with van der Waals surface area (Å²) in [7, 11) is 0. The molecule has 0 aromatic carbocycles. The van der Waals surface area contributed by atoms with Crippen LogP contribution in [0.15, 0.2) is 29.2 Å². The fraction of sp³-hybridized carbons (Fsp3) is 0.400. The molecule has 0 N–H and O–H groups in total. The third-order valence-corrected chi connectivity index (χ3v) is 5.15. The Hall–Kier alpha value is -3.16. The first kappa shape index (κ1) is 18.2. The van der Waals surface area contributed by atoms with Crippen LogP contribution in [0.25, 0.3) is 11.3 Å². The Morgan fingerprint density at radius 2 is 1.96 bits per heavy atom. The Morgan fingerprint density at radius 1 is 1.18 bits per heavy atom. The number of piperidine rings is 1. The van der Waals surface area contributed by atoms with E-state index in [0.717, 1.165) is 47.1 Å². The molecule has 3 aromatic heterocycles. The molecule has 28 heavy (non-hydrogen) atoms. The van der Waals surface area contributed by atoms with Crippen LogP contribution in [-0.2, 0) is 0 Å². The number of carbonyl (C=O) groups excluding carboxylic acids is 1. The van der Waals surface area contributed by atoms with Gasteiger partial charge in [0.2, 0.25) is 0 Å². The van der Waals surface area contributed by atoms with E-state index in [1.165, 1.54) is 6.33 Å². The molecule has 1 amide bonds. The standard InChI is InChI=1S/C20H22N6O2/c1-12-19(13(2)28-25-12)18-10-17(23-14(3)24-18)15-5-8-26(9-6-15)20(27)16-4-7-21-11-22-16/h4,7,10-11,15H,5-6,8-9H2,1-3H3. The lowest BCUT2D eigenvalue weighted by Gasteiger charge is -2.31. The number of aryl methyl sites for hydroxylation is 3. The minimum Gasteiger partial charge on any atom is -0.361 e. The summed E-state index contributed by atoms with van der Waals surface area (Å²) in [4.78, 5) is 31.6. The van der Waals surface area contributed by atoms with Gasteiger partial charge >= 0.3 is 0 Å². The summed E-state index contributed by atoms with van der Waals surface area (Å²) in [6, 6.07) is 3.68. The minimum atomic E-state index is -0.0453. The maximum Gasteiger partial charge on any atom is 0.272 e. The Kier molecular flexibility index (Phi) is 4.85. The molecule has 144 valence electrons. The van der Waals surface area contributed by atoms with Gasteiger partial charge in [0.05, 0.1) is 17.0 Å². The molecule has 1 aliphatic heterocycles. The summed E-state index contributed by atoms with van der Waals surface area (Å²) in [5, 5.41) is 4.03. The third-order valence-electron chi connectivity index (χ3n) is 5.15. The molecule has 0 bridgehead atoms. The molecule has 8 nitrogen and oxygen atoms in total. The first-order chi connectivity index (χ1) is 13.5. The van der Waals surface area contributed by atoms with Gasteiger partial charge in [-0.1, -0.05) is 5.16 Å². The number of aromatic nitrogens is 5. The molecule has 4 heterocycles. The quantitative estimate of drug-likeness (QED) is 0.691. The van der Waals surface area contributed by atoms with E-state index in [2.05, 4.69) is 25.1 Å². The fourth-order valence-corrected chi connectivity index (χ4v) is 3.73. The predicted molar refractivity (Wildman–Crippen MR) is 102 cm³/mol. The first-order valence-electron chi connectivity index (χ1n) is 9.37. The highest BCUT2D eigenvalue weighted by molar-refractivity contribution is 5.92. The number of amides is 1. The Bertz CT molecular complexity index is 974. The van der Waals surface area contributed by atoms with Gasteiger partial charge in [-0.05, 0) is 45.7 Å². The van der Waals surface area contributed by atoms with Crippen molar-refractivity contribution in [1.29, 1.82) is 0 Å². The Balaban J connectivity index is 1.51. The van der Waals surface area contributed by atoms with Gasteiger partial charge in [-0.2, -0.15) is 0 Å². The number of hydrogen-bond donors (Lipinski definition) is 0. The van der Waals surface area contributed by atoms with Crippen LogP contribution in [0.2, 0.25) is 0 Å². The maximum atomic E-state index is 12.6. The average molecular weight is 378 g/mol. The highest BCUT2D eigenvalue weighted by Crippen LogP contribution is 2.31. The largest absolute Gasteiger partial charge is 0.361 e. The van der Waals surface area contributed by atoms with E-state index in [4.69, 9.17) is 4.52 Å². The van der Waals surface area contributed by atoms with E-state index in [-0.39, 0.29) is 11.8 Å². The van der Waals surface area contributed by atoms with Crippen LogP contribution in [0.3, 0.4) is 0 Å². The zero-order valence-corrected chi connectivity index (χ0v) is 16.2. The number of carbonyl (C=O) groups is 1. The third kappa shape index (κ3) is 3.49. The highest BCUT2D eigenvalue weighted by Gasteiger charge is 2.27. The van der Waals surface area contributed by atoms with Crippen molar-refractivity contribution in [1.82, 2.24) is 30.0 Å². The van der Waals surface area contributed by atoms with Gasteiger partial charge < -0.3 is 9.42 Å². The molecule has 0 unspecified atom stereocenters. The van der Waals surface area contributed by atoms with Crippen molar-refractivity contribution in [3.63, 3.8) is 0 Å². The molecular formula is C20H22N6O2. The van der Waals surface area contributed by atoms with Crippen LogP contribution in [0.4, 0.5) is 0 Å². The van der Waals surface area contributed by atoms with Crippen molar-refractivity contribution >= 4 is 5.91 Å². The second-order valence-corrected chi connectivity index (χ2v) is 7.09. The lowest BCUT2D eigenvalue weighted by atomic mass is 9.92. The number of rotatable bonds is 3. The number of hydrogen-bond acceptors (Lipinski definition) is 7. The highest BCUT2D eigenvalue weighted by atomic mass is 16.5. The van der Waals surface area contributed by atoms with Crippen molar-refractivity contribution in [3.05, 3.63) is 53.3 Å². The van der Waals surface area contributed by atoms with Crippen molar-refractivity contribution in [2.24, 2.45) is 0 Å². The van der Waals surface area contributed by atoms with Crippen LogP contribution < -0.4 is 0 Å². The molecule has 4 rings (SSSR count). The van der Waals surface area contributed by atoms with Crippen LogP contribution in [-0.4, -0.2) is 49.0 Å². The molecule has 3 aromatic rings. The van der Waals surface area contributed by atoms with Gasteiger partial charge in [0.15, 0.2) is 0 Å². The SMILES string of the molecule is Cc1nc(-c2c(C)noc2C)cc(C2CCN(C(=O)c3ccncn3)CC2)n1. The fourth-order valence-electron chi connectivity index (χ4n) is 3.73. The van der Waals surface area contributed by atoms with Crippen molar-refractivity contribution < 1.29 is 9.32 Å². The van der Waals surface area contributed by atoms with E-state index in [1.807, 2.05) is 31.7 Å². The maximum absolute atomic E-state index is 12.6. The summed E-state index contributed by atoms with van der Waals surface area (Å²) >= 11 is 0. The van der Waals surface area contributed by atoms with Gasteiger partial charge in [0.1, 0.15) is 23.6 Å². The van der Waals surface area contributed by atoms with Gasteiger partial charge in [-0.15, -0.1) is 0 Å². The Morgan fingerprint density at radius 3 is 2.61 bits per heavy atom. The molecule has 0 aliphatic carbocycles. The van der Waals surface area contributed by atoms with E-state index in [9.17, 15) is 4.79 Å². The zero-order valence-electron chi connectivity index (χ0n) is 16.2. The second-order valence-electron chi connectivity index (χ2n) is 7.09. The monoisotopic (exact) mass is 378 g/mol. The number of nitrogens with zero attached hydrogens (tertiary/aromatic N) is 6.